The number of hydrogen-bond acceptors (Lipinski definition) is 5. The van der Waals surface area contributed by atoms with Gasteiger partial charge in [-0.15, -0.1) is 0 Å². The molecule has 7 heteroatoms. The lowest BCUT2D eigenvalue weighted by Crippen LogP contribution is -2.32. The Morgan fingerprint density at radius 2 is 1.59 bits per heavy atom. The van der Waals surface area contributed by atoms with Gasteiger partial charge in [0.05, 0.1) is 22.9 Å². The van der Waals surface area contributed by atoms with Gasteiger partial charge in [0.2, 0.25) is 5.91 Å². The van der Waals surface area contributed by atoms with Gasteiger partial charge in [0.15, 0.2) is 0 Å². The Balaban J connectivity index is 1.79. The molecule has 0 atom stereocenters. The van der Waals surface area contributed by atoms with Crippen LogP contribution < -0.4 is 15.5 Å². The molecule has 1 aliphatic heterocycles. The van der Waals surface area contributed by atoms with Crippen LogP contribution in [-0.2, 0) is 14.4 Å². The topological polar surface area (TPSA) is 102 Å². The van der Waals surface area contributed by atoms with E-state index in [4.69, 9.17) is 5.26 Å². The first-order valence-electron chi connectivity index (χ1n) is 10.6. The van der Waals surface area contributed by atoms with Gasteiger partial charge in [-0.05, 0) is 67.4 Å². The number of carbonyl (C=O) groups excluding carboxylic acids is 3. The van der Waals surface area contributed by atoms with E-state index in [0.29, 0.717) is 22.5 Å². The number of rotatable bonds is 5. The van der Waals surface area contributed by atoms with E-state index >= 15 is 0 Å². The van der Waals surface area contributed by atoms with Crippen molar-refractivity contribution < 1.29 is 14.4 Å². The lowest BCUT2D eigenvalue weighted by Gasteiger charge is -2.16. The van der Waals surface area contributed by atoms with Crippen LogP contribution in [0.5, 0.6) is 0 Å². The molecule has 0 aliphatic carbocycles. The van der Waals surface area contributed by atoms with Crippen LogP contribution in [-0.4, -0.2) is 17.7 Å². The van der Waals surface area contributed by atoms with Crippen molar-refractivity contribution in [3.05, 3.63) is 94.7 Å². The Morgan fingerprint density at radius 3 is 2.18 bits per heavy atom. The summed E-state index contributed by atoms with van der Waals surface area (Å²) in [5.41, 5.74) is 5.05. The highest BCUT2D eigenvalue weighted by Crippen LogP contribution is 2.35. The second-order valence-electron chi connectivity index (χ2n) is 8.06. The van der Waals surface area contributed by atoms with Crippen molar-refractivity contribution in [3.8, 4) is 6.07 Å². The highest BCUT2D eigenvalue weighted by Gasteiger charge is 2.40. The number of anilines is 3. The molecule has 3 aromatic carbocycles. The van der Waals surface area contributed by atoms with Crippen LogP contribution in [0.2, 0.25) is 0 Å². The molecule has 0 saturated carbocycles. The van der Waals surface area contributed by atoms with E-state index < -0.39 is 11.8 Å². The maximum atomic E-state index is 13.5. The number of imide groups is 1. The molecular formula is C27H22N4O3. The van der Waals surface area contributed by atoms with Gasteiger partial charge in [0.1, 0.15) is 5.70 Å². The zero-order valence-corrected chi connectivity index (χ0v) is 19.0. The summed E-state index contributed by atoms with van der Waals surface area (Å²) in [6.07, 6.45) is 0. The number of amides is 3. The van der Waals surface area contributed by atoms with Gasteiger partial charge >= 0.3 is 0 Å². The normalized spacial score (nSPS) is 13.2. The molecule has 0 spiro atoms. The molecule has 4 rings (SSSR count). The molecule has 0 radical (unpaired) electrons. The van der Waals surface area contributed by atoms with Crippen molar-refractivity contribution in [1.29, 1.82) is 5.26 Å². The molecule has 0 saturated heterocycles. The van der Waals surface area contributed by atoms with Gasteiger partial charge in [-0.1, -0.05) is 29.8 Å². The predicted molar refractivity (Wildman–Crippen MR) is 131 cm³/mol. The smallest absolute Gasteiger partial charge is 0.282 e. The molecule has 3 aromatic rings. The summed E-state index contributed by atoms with van der Waals surface area (Å²) in [7, 11) is 0. The summed E-state index contributed by atoms with van der Waals surface area (Å²) in [5.74, 6) is -1.17. The van der Waals surface area contributed by atoms with Crippen LogP contribution in [0.3, 0.4) is 0 Å². The van der Waals surface area contributed by atoms with Crippen LogP contribution in [0.25, 0.3) is 5.57 Å². The fourth-order valence-electron chi connectivity index (χ4n) is 3.85. The minimum absolute atomic E-state index is 0.161. The Labute approximate surface area is 197 Å². The second-order valence-corrected chi connectivity index (χ2v) is 8.06. The third-order valence-corrected chi connectivity index (χ3v) is 5.47. The number of carbonyl (C=O) groups is 3. The molecule has 0 fully saturated rings. The molecule has 0 aromatic heterocycles. The van der Waals surface area contributed by atoms with Crippen molar-refractivity contribution in [1.82, 2.24) is 0 Å². The molecule has 2 N–H and O–H groups in total. The van der Waals surface area contributed by atoms with Crippen molar-refractivity contribution in [2.24, 2.45) is 0 Å². The fourth-order valence-corrected chi connectivity index (χ4v) is 3.85. The predicted octanol–water partition coefficient (Wildman–Crippen LogP) is 4.53. The molecule has 7 nitrogen and oxygen atoms in total. The molecule has 3 amide bonds. The molecule has 34 heavy (non-hydrogen) atoms. The molecule has 0 bridgehead atoms. The number of nitrogens with one attached hydrogen (secondary N) is 2. The Kier molecular flexibility index (Phi) is 5.98. The molecule has 0 unspecified atom stereocenters. The number of benzene rings is 3. The third kappa shape index (κ3) is 4.30. The zero-order chi connectivity index (χ0) is 24.4. The highest BCUT2D eigenvalue weighted by molar-refractivity contribution is 6.46. The first kappa shape index (κ1) is 22.5. The summed E-state index contributed by atoms with van der Waals surface area (Å²) in [6, 6.07) is 20.8. The Hall–Kier alpha value is -4.70. The largest absolute Gasteiger partial charge is 0.350 e. The number of nitrogens with zero attached hydrogens (tertiary/aromatic N) is 2. The van der Waals surface area contributed by atoms with E-state index in [2.05, 4.69) is 10.6 Å². The van der Waals surface area contributed by atoms with Crippen molar-refractivity contribution in [2.45, 2.75) is 20.8 Å². The van der Waals surface area contributed by atoms with E-state index in [-0.39, 0.29) is 17.2 Å². The standard InChI is InChI=1S/C27H22N4O3/c1-16-4-13-23(17(2)14-16)30-25-24(20-7-9-21(10-8-20)29-18(3)32)26(33)31(27(25)34)22-11-5-19(15-28)6-12-22/h4-14,30H,1-3H3,(H,29,32). The highest BCUT2D eigenvalue weighted by atomic mass is 16.2. The van der Waals surface area contributed by atoms with Crippen molar-refractivity contribution in [2.75, 3.05) is 15.5 Å². The number of hydrogen-bond donors (Lipinski definition) is 2. The zero-order valence-electron chi connectivity index (χ0n) is 19.0. The SMILES string of the molecule is CC(=O)Nc1ccc(C2=C(Nc3ccc(C)cc3C)C(=O)N(c3ccc(C#N)cc3)C2=O)cc1. The molecule has 1 aliphatic rings. The number of nitriles is 1. The lowest BCUT2D eigenvalue weighted by atomic mass is 10.0. The maximum absolute atomic E-state index is 13.5. The molecule has 168 valence electrons. The van der Waals surface area contributed by atoms with Crippen molar-refractivity contribution in [3.63, 3.8) is 0 Å². The van der Waals surface area contributed by atoms with E-state index in [0.717, 1.165) is 21.7 Å². The van der Waals surface area contributed by atoms with Crippen LogP contribution in [0.1, 0.15) is 29.2 Å². The molecular weight excluding hydrogens is 428 g/mol. The van der Waals surface area contributed by atoms with Crippen LogP contribution in [0, 0.1) is 25.2 Å². The van der Waals surface area contributed by atoms with Gasteiger partial charge in [-0.3, -0.25) is 14.4 Å². The van der Waals surface area contributed by atoms with Crippen molar-refractivity contribution >= 4 is 40.4 Å². The third-order valence-electron chi connectivity index (χ3n) is 5.47. The summed E-state index contributed by atoms with van der Waals surface area (Å²) in [5, 5.41) is 14.9. The minimum atomic E-state index is -0.490. The van der Waals surface area contributed by atoms with Gasteiger partial charge in [0, 0.05) is 18.3 Å². The van der Waals surface area contributed by atoms with Gasteiger partial charge < -0.3 is 10.6 Å². The van der Waals surface area contributed by atoms with E-state index in [1.807, 2.05) is 38.1 Å². The second kappa shape index (κ2) is 9.04. The van der Waals surface area contributed by atoms with E-state index in [9.17, 15) is 14.4 Å². The average Bonchev–Trinajstić information content (AvgIpc) is 3.05. The summed E-state index contributed by atoms with van der Waals surface area (Å²) < 4.78 is 0. The van der Waals surface area contributed by atoms with Crippen LogP contribution in [0.15, 0.2) is 72.4 Å². The van der Waals surface area contributed by atoms with E-state index in [1.165, 1.54) is 6.92 Å². The first-order chi connectivity index (χ1) is 16.3. The van der Waals surface area contributed by atoms with Gasteiger partial charge in [-0.25, -0.2) is 4.90 Å². The minimum Gasteiger partial charge on any atom is -0.350 e. The number of aryl methyl sites for hydroxylation is 2. The van der Waals surface area contributed by atoms with Crippen LogP contribution in [0.4, 0.5) is 17.1 Å². The first-order valence-corrected chi connectivity index (χ1v) is 10.6. The maximum Gasteiger partial charge on any atom is 0.282 e. The van der Waals surface area contributed by atoms with Gasteiger partial charge in [0.25, 0.3) is 11.8 Å². The monoisotopic (exact) mass is 450 g/mol. The Bertz CT molecular complexity index is 1380. The molecule has 1 heterocycles. The summed E-state index contributed by atoms with van der Waals surface area (Å²) in [4.78, 5) is 39.5. The van der Waals surface area contributed by atoms with Crippen LogP contribution >= 0.6 is 0 Å². The Morgan fingerprint density at radius 1 is 0.912 bits per heavy atom. The summed E-state index contributed by atoms with van der Waals surface area (Å²) >= 11 is 0. The quantitative estimate of drug-likeness (QED) is 0.556. The average molecular weight is 450 g/mol. The summed E-state index contributed by atoms with van der Waals surface area (Å²) in [6.45, 7) is 5.32. The van der Waals surface area contributed by atoms with E-state index in [1.54, 1.807) is 48.5 Å². The lowest BCUT2D eigenvalue weighted by molar-refractivity contribution is -0.120. The van der Waals surface area contributed by atoms with Gasteiger partial charge in [-0.2, -0.15) is 5.26 Å². The fraction of sp³-hybridized carbons (Fsp3) is 0.111.